The molecule has 23 heavy (non-hydrogen) atoms. The van der Waals surface area contributed by atoms with Crippen LogP contribution in [0.15, 0.2) is 66.9 Å². The number of ether oxygens (including phenoxy) is 1. The van der Waals surface area contributed by atoms with Crippen LogP contribution >= 0.6 is 0 Å². The molecule has 0 saturated carbocycles. The summed E-state index contributed by atoms with van der Waals surface area (Å²) in [5, 5.41) is 0. The van der Waals surface area contributed by atoms with Crippen LogP contribution < -0.4 is 4.74 Å². The third kappa shape index (κ3) is 3.56. The highest BCUT2D eigenvalue weighted by molar-refractivity contribution is 5.65. The van der Waals surface area contributed by atoms with Gasteiger partial charge in [-0.2, -0.15) is 0 Å². The van der Waals surface area contributed by atoms with E-state index in [1.807, 2.05) is 36.4 Å². The summed E-state index contributed by atoms with van der Waals surface area (Å²) in [7, 11) is 0. The Morgan fingerprint density at radius 3 is 2.48 bits per heavy atom. The first kappa shape index (κ1) is 14.8. The molecule has 3 aromatic rings. The van der Waals surface area contributed by atoms with E-state index >= 15 is 0 Å². The Labute approximate surface area is 134 Å². The molecule has 0 aliphatic rings. The second-order valence-corrected chi connectivity index (χ2v) is 5.00. The van der Waals surface area contributed by atoms with Crippen molar-refractivity contribution in [1.82, 2.24) is 4.98 Å². The number of nitrogens with zero attached hydrogens (tertiary/aromatic N) is 1. The van der Waals surface area contributed by atoms with Gasteiger partial charge < -0.3 is 4.74 Å². The normalized spacial score (nSPS) is 10.1. The molecule has 3 heteroatoms. The molecule has 0 bridgehead atoms. The lowest BCUT2D eigenvalue weighted by molar-refractivity contribution is 0.294. The minimum atomic E-state index is -0.396. The van der Waals surface area contributed by atoms with Gasteiger partial charge in [0.1, 0.15) is 12.4 Å². The number of terminal acetylenes is 1. The molecule has 0 aliphatic carbocycles. The Bertz CT molecular complexity index is 836. The van der Waals surface area contributed by atoms with Crippen molar-refractivity contribution in [3.63, 3.8) is 0 Å². The van der Waals surface area contributed by atoms with Crippen molar-refractivity contribution in [2.75, 3.05) is 0 Å². The van der Waals surface area contributed by atoms with Gasteiger partial charge in [-0.3, -0.25) is 0 Å². The minimum Gasteiger partial charge on any atom is -0.473 e. The smallest absolute Gasteiger partial charge is 0.213 e. The molecule has 112 valence electrons. The largest absolute Gasteiger partial charge is 0.473 e. The van der Waals surface area contributed by atoms with Crippen LogP contribution in [-0.2, 0) is 6.61 Å². The van der Waals surface area contributed by atoms with Gasteiger partial charge in [0, 0.05) is 17.8 Å². The van der Waals surface area contributed by atoms with Gasteiger partial charge in [-0.15, -0.1) is 6.42 Å². The minimum absolute atomic E-state index is 0.243. The summed E-state index contributed by atoms with van der Waals surface area (Å²) in [5.74, 6) is 2.48. The van der Waals surface area contributed by atoms with Crippen molar-refractivity contribution >= 4 is 0 Å². The third-order valence-corrected chi connectivity index (χ3v) is 3.42. The van der Waals surface area contributed by atoms with Gasteiger partial charge in [-0.05, 0) is 29.3 Å². The van der Waals surface area contributed by atoms with Crippen LogP contribution in [0.4, 0.5) is 4.39 Å². The maximum atomic E-state index is 13.4. The molecule has 0 aliphatic heterocycles. The fourth-order valence-corrected chi connectivity index (χ4v) is 2.18. The number of hydrogen-bond acceptors (Lipinski definition) is 2. The van der Waals surface area contributed by atoms with E-state index in [1.54, 1.807) is 24.4 Å². The maximum absolute atomic E-state index is 13.4. The fourth-order valence-electron chi connectivity index (χ4n) is 2.18. The summed E-state index contributed by atoms with van der Waals surface area (Å²) < 4.78 is 19.1. The summed E-state index contributed by atoms with van der Waals surface area (Å²) in [5.41, 5.74) is 3.00. The summed E-state index contributed by atoms with van der Waals surface area (Å²) >= 11 is 0. The Balaban J connectivity index is 1.73. The van der Waals surface area contributed by atoms with Crippen molar-refractivity contribution < 1.29 is 9.13 Å². The topological polar surface area (TPSA) is 22.1 Å². The highest BCUT2D eigenvalue weighted by Crippen LogP contribution is 2.23. The Hall–Kier alpha value is -3.12. The molecule has 2 nitrogen and oxygen atoms in total. The highest BCUT2D eigenvalue weighted by Gasteiger charge is 2.04. The first-order chi connectivity index (χ1) is 11.3. The van der Waals surface area contributed by atoms with Crippen molar-refractivity contribution in [2.45, 2.75) is 6.61 Å². The van der Waals surface area contributed by atoms with Crippen molar-refractivity contribution in [1.29, 1.82) is 0 Å². The first-order valence-electron chi connectivity index (χ1n) is 7.15. The van der Waals surface area contributed by atoms with Crippen LogP contribution in [0.25, 0.3) is 11.1 Å². The molecule has 0 amide bonds. The summed E-state index contributed by atoms with van der Waals surface area (Å²) in [6, 6.07) is 18.2. The van der Waals surface area contributed by atoms with Crippen LogP contribution in [0.5, 0.6) is 5.88 Å². The molecule has 0 saturated heterocycles. The zero-order chi connectivity index (χ0) is 16.1. The number of aromatic nitrogens is 1. The quantitative estimate of drug-likeness (QED) is 0.664. The van der Waals surface area contributed by atoms with E-state index in [0.717, 1.165) is 16.7 Å². The van der Waals surface area contributed by atoms with Crippen LogP contribution in [0.1, 0.15) is 11.1 Å². The Kier molecular flexibility index (Phi) is 4.35. The molecule has 0 spiro atoms. The standard InChI is InChI=1S/C20H14FNO/c1-2-16-12-17(8-10-19(16)21)18-9-11-20(22-13-18)23-14-15-6-4-3-5-7-15/h1,3-13H,14H2. The van der Waals surface area contributed by atoms with E-state index in [9.17, 15) is 4.39 Å². The predicted octanol–water partition coefficient (Wildman–Crippen LogP) is 4.45. The molecule has 0 radical (unpaired) electrons. The van der Waals surface area contributed by atoms with Gasteiger partial charge in [0.2, 0.25) is 5.88 Å². The second-order valence-electron chi connectivity index (χ2n) is 5.00. The average Bonchev–Trinajstić information content (AvgIpc) is 2.62. The number of halogens is 1. The van der Waals surface area contributed by atoms with E-state index in [-0.39, 0.29) is 5.56 Å². The lowest BCUT2D eigenvalue weighted by Crippen LogP contribution is -1.96. The molecular formula is C20H14FNO. The van der Waals surface area contributed by atoms with Gasteiger partial charge >= 0.3 is 0 Å². The lowest BCUT2D eigenvalue weighted by atomic mass is 10.0. The zero-order valence-corrected chi connectivity index (χ0v) is 12.4. The number of rotatable bonds is 4. The number of pyridine rings is 1. The van der Waals surface area contributed by atoms with Crippen molar-refractivity contribution in [3.05, 3.63) is 83.8 Å². The highest BCUT2D eigenvalue weighted by atomic mass is 19.1. The van der Waals surface area contributed by atoms with Crippen molar-refractivity contribution in [3.8, 4) is 29.4 Å². The van der Waals surface area contributed by atoms with Crippen LogP contribution in [0.2, 0.25) is 0 Å². The number of hydrogen-bond donors (Lipinski definition) is 0. The molecule has 2 aromatic carbocycles. The predicted molar refractivity (Wildman–Crippen MR) is 88.3 cm³/mol. The molecule has 1 aromatic heterocycles. The molecule has 3 rings (SSSR count). The second kappa shape index (κ2) is 6.76. The summed E-state index contributed by atoms with van der Waals surface area (Å²) in [6.45, 7) is 0.463. The Morgan fingerprint density at radius 1 is 1.00 bits per heavy atom. The lowest BCUT2D eigenvalue weighted by Gasteiger charge is -2.07. The summed E-state index contributed by atoms with van der Waals surface area (Å²) in [6.07, 6.45) is 6.98. The van der Waals surface area contributed by atoms with Gasteiger partial charge in [0.05, 0.1) is 5.56 Å². The van der Waals surface area contributed by atoms with Crippen LogP contribution in [-0.4, -0.2) is 4.98 Å². The van der Waals surface area contributed by atoms with Gasteiger partial charge in [0.25, 0.3) is 0 Å². The molecule has 0 fully saturated rings. The fraction of sp³-hybridized carbons (Fsp3) is 0.0500. The van der Waals surface area contributed by atoms with E-state index in [0.29, 0.717) is 12.5 Å². The van der Waals surface area contributed by atoms with Crippen molar-refractivity contribution in [2.24, 2.45) is 0 Å². The van der Waals surface area contributed by atoms with Gasteiger partial charge in [-0.1, -0.05) is 42.3 Å². The van der Waals surface area contributed by atoms with Gasteiger partial charge in [-0.25, -0.2) is 9.37 Å². The molecule has 0 N–H and O–H groups in total. The molecular weight excluding hydrogens is 289 g/mol. The molecule has 1 heterocycles. The SMILES string of the molecule is C#Cc1cc(-c2ccc(OCc3ccccc3)nc2)ccc1F. The van der Waals surface area contributed by atoms with E-state index in [2.05, 4.69) is 10.9 Å². The molecule has 0 atom stereocenters. The van der Waals surface area contributed by atoms with E-state index < -0.39 is 5.82 Å². The first-order valence-corrected chi connectivity index (χ1v) is 7.15. The van der Waals surface area contributed by atoms with Crippen LogP contribution in [0, 0.1) is 18.2 Å². The third-order valence-electron chi connectivity index (χ3n) is 3.42. The maximum Gasteiger partial charge on any atom is 0.213 e. The van der Waals surface area contributed by atoms with Crippen LogP contribution in [0.3, 0.4) is 0 Å². The number of benzene rings is 2. The molecule has 0 unspecified atom stereocenters. The average molecular weight is 303 g/mol. The van der Waals surface area contributed by atoms with E-state index in [1.165, 1.54) is 6.07 Å². The Morgan fingerprint density at radius 2 is 1.78 bits per heavy atom. The van der Waals surface area contributed by atoms with E-state index in [4.69, 9.17) is 11.2 Å². The summed E-state index contributed by atoms with van der Waals surface area (Å²) in [4.78, 5) is 4.28. The zero-order valence-electron chi connectivity index (χ0n) is 12.4. The monoisotopic (exact) mass is 303 g/mol. The van der Waals surface area contributed by atoms with Gasteiger partial charge in [0.15, 0.2) is 0 Å².